The molecule has 0 radical (unpaired) electrons. The highest BCUT2D eigenvalue weighted by Gasteiger charge is 2.42. The predicted octanol–water partition coefficient (Wildman–Crippen LogP) is 3.23. The molecule has 9 heteroatoms. The molecule has 154 valence electrons. The number of fused-ring (bicyclic) bond motifs is 1. The summed E-state index contributed by atoms with van der Waals surface area (Å²) < 4.78 is 8.44. The summed E-state index contributed by atoms with van der Waals surface area (Å²) in [4.78, 5) is 23.5. The Morgan fingerprint density at radius 3 is 2.70 bits per heavy atom. The third kappa shape index (κ3) is 4.56. The van der Waals surface area contributed by atoms with Gasteiger partial charge in [-0.05, 0) is 47.5 Å². The third-order valence-electron chi connectivity index (χ3n) is 4.75. The summed E-state index contributed by atoms with van der Waals surface area (Å²) in [6.45, 7) is 1.48. The van der Waals surface area contributed by atoms with E-state index in [1.165, 1.54) is 10.4 Å². The van der Waals surface area contributed by atoms with E-state index < -0.39 is 17.5 Å². The summed E-state index contributed by atoms with van der Waals surface area (Å²) in [6.07, 6.45) is 7.54. The number of hydrogen-bond donors (Lipinski definition) is 2. The van der Waals surface area contributed by atoms with E-state index in [0.717, 1.165) is 24.9 Å². The lowest BCUT2D eigenvalue weighted by Crippen LogP contribution is -2.26. The molecule has 1 atom stereocenters. The van der Waals surface area contributed by atoms with Gasteiger partial charge < -0.3 is 19.5 Å². The monoisotopic (exact) mass is 425 g/mol. The third-order valence-corrected chi connectivity index (χ3v) is 5.76. The van der Waals surface area contributed by atoms with Gasteiger partial charge in [-0.1, -0.05) is 12.1 Å². The van der Waals surface area contributed by atoms with Gasteiger partial charge in [-0.25, -0.2) is 14.6 Å². The minimum absolute atomic E-state index is 0.391. The molecule has 0 fully saturated rings. The van der Waals surface area contributed by atoms with E-state index in [0.29, 0.717) is 12.2 Å². The van der Waals surface area contributed by atoms with Crippen molar-refractivity contribution in [3.63, 3.8) is 0 Å². The van der Waals surface area contributed by atoms with E-state index in [2.05, 4.69) is 39.2 Å². The molecule has 1 aliphatic heterocycles. The van der Waals surface area contributed by atoms with Crippen molar-refractivity contribution in [1.82, 2.24) is 9.55 Å². The maximum Gasteiger partial charge on any atom is 0.414 e. The van der Waals surface area contributed by atoms with Gasteiger partial charge in [-0.15, -0.1) is 11.3 Å². The van der Waals surface area contributed by atoms with Crippen molar-refractivity contribution in [2.75, 3.05) is 0 Å². The number of ether oxygens (including phenoxy) is 1. The van der Waals surface area contributed by atoms with Crippen LogP contribution in [0.15, 0.2) is 54.4 Å². The van der Waals surface area contributed by atoms with Crippen molar-refractivity contribution in [2.24, 2.45) is 0 Å². The summed E-state index contributed by atoms with van der Waals surface area (Å²) in [6, 6.07) is 12.4. The lowest BCUT2D eigenvalue weighted by atomic mass is 9.86. The second-order valence-electron chi connectivity index (χ2n) is 6.59. The van der Waals surface area contributed by atoms with Crippen LogP contribution in [0.25, 0.3) is 0 Å². The second-order valence-corrected chi connectivity index (χ2v) is 7.54. The number of imidazole rings is 1. The fraction of sp³-hybridized carbons (Fsp3) is 0.238. The first kappa shape index (κ1) is 21.2. The van der Waals surface area contributed by atoms with Gasteiger partial charge in [0.05, 0.1) is 24.6 Å². The number of aryl methyl sites for hydroxylation is 1. The number of thiophene rings is 1. The van der Waals surface area contributed by atoms with E-state index in [4.69, 9.17) is 29.8 Å². The fourth-order valence-corrected chi connectivity index (χ4v) is 4.35. The van der Waals surface area contributed by atoms with Gasteiger partial charge in [-0.3, -0.25) is 0 Å². The molecule has 0 bridgehead atoms. The summed E-state index contributed by atoms with van der Waals surface area (Å²) >= 11 is 1.73. The van der Waals surface area contributed by atoms with Crippen molar-refractivity contribution < 1.29 is 24.5 Å². The zero-order chi connectivity index (χ0) is 21.6. The Balaban J connectivity index is 0.000000377. The van der Waals surface area contributed by atoms with Crippen molar-refractivity contribution in [3.05, 3.63) is 76.0 Å². The second kappa shape index (κ2) is 9.35. The molecule has 30 heavy (non-hydrogen) atoms. The topological polar surface area (TPSA) is 125 Å². The first-order valence-electron chi connectivity index (χ1n) is 9.09. The van der Waals surface area contributed by atoms with Crippen LogP contribution in [-0.2, 0) is 33.1 Å². The lowest BCUT2D eigenvalue weighted by molar-refractivity contribution is -0.159. The number of nitriles is 1. The molecular weight excluding hydrogens is 406 g/mol. The number of carboxylic acids is 2. The molecule has 8 nitrogen and oxygen atoms in total. The first-order chi connectivity index (χ1) is 14.5. The van der Waals surface area contributed by atoms with Gasteiger partial charge in [-0.2, -0.15) is 5.26 Å². The number of rotatable bonds is 5. The van der Waals surface area contributed by atoms with Crippen LogP contribution in [0.4, 0.5) is 0 Å². The molecule has 3 aromatic rings. The number of carboxylic acid groups (broad SMARTS) is 2. The highest BCUT2D eigenvalue weighted by Crippen LogP contribution is 2.47. The SMILES string of the molecule is N#Cc1ccc2c(c1)COC2(CCCn1ccnc1)c1cccs1.O=C(O)C(=O)O. The highest BCUT2D eigenvalue weighted by molar-refractivity contribution is 7.10. The average molecular weight is 425 g/mol. The minimum Gasteiger partial charge on any atom is -0.473 e. The van der Waals surface area contributed by atoms with Gasteiger partial charge in [0.25, 0.3) is 0 Å². The molecule has 3 heterocycles. The van der Waals surface area contributed by atoms with E-state index >= 15 is 0 Å². The molecule has 1 aliphatic rings. The molecule has 0 aliphatic carbocycles. The van der Waals surface area contributed by atoms with Gasteiger partial charge >= 0.3 is 11.9 Å². The van der Waals surface area contributed by atoms with Gasteiger partial charge in [0.15, 0.2) is 0 Å². The Morgan fingerprint density at radius 2 is 2.10 bits per heavy atom. The molecule has 2 aromatic heterocycles. The van der Waals surface area contributed by atoms with Crippen LogP contribution >= 0.6 is 11.3 Å². The van der Waals surface area contributed by atoms with Crippen molar-refractivity contribution in [1.29, 1.82) is 5.26 Å². The Hall–Kier alpha value is -3.48. The van der Waals surface area contributed by atoms with Gasteiger partial charge in [0.1, 0.15) is 5.60 Å². The Labute approximate surface area is 176 Å². The molecule has 0 saturated heterocycles. The number of hydrogen-bond acceptors (Lipinski definition) is 6. The van der Waals surface area contributed by atoms with Crippen LogP contribution in [0.3, 0.4) is 0 Å². The Bertz CT molecular complexity index is 1050. The van der Waals surface area contributed by atoms with E-state index in [9.17, 15) is 0 Å². The number of aliphatic carboxylic acids is 2. The zero-order valence-electron chi connectivity index (χ0n) is 15.9. The normalized spacial score (nSPS) is 16.8. The van der Waals surface area contributed by atoms with Crippen molar-refractivity contribution in [3.8, 4) is 6.07 Å². The quantitative estimate of drug-likeness (QED) is 0.601. The number of nitrogens with zero attached hydrogens (tertiary/aromatic N) is 3. The summed E-state index contributed by atoms with van der Waals surface area (Å²) in [7, 11) is 0. The summed E-state index contributed by atoms with van der Waals surface area (Å²) in [5, 5.41) is 26.0. The predicted molar refractivity (Wildman–Crippen MR) is 108 cm³/mol. The average Bonchev–Trinajstić information content (AvgIpc) is 3.50. The molecule has 1 unspecified atom stereocenters. The molecule has 2 N–H and O–H groups in total. The van der Waals surface area contributed by atoms with Crippen LogP contribution in [-0.4, -0.2) is 31.7 Å². The smallest absolute Gasteiger partial charge is 0.414 e. The van der Waals surface area contributed by atoms with Crippen molar-refractivity contribution >= 4 is 23.3 Å². The maximum atomic E-state index is 9.13. The van der Waals surface area contributed by atoms with Crippen LogP contribution in [0.2, 0.25) is 0 Å². The standard InChI is InChI=1S/C19H17N3OS.C2H2O4/c20-12-15-4-5-17-16(11-15)13-23-19(17,18-3-1-10-24-18)6-2-8-22-9-7-21-14-22;3-1(4)2(5)6/h1,3-5,7,9-11,14H,2,6,8,13H2;(H,3,4)(H,5,6). The van der Waals surface area contributed by atoms with Gasteiger partial charge in [0, 0.05) is 23.8 Å². The summed E-state index contributed by atoms with van der Waals surface area (Å²) in [5.41, 5.74) is 2.63. The minimum atomic E-state index is -1.82. The number of carbonyl (C=O) groups is 2. The highest BCUT2D eigenvalue weighted by atomic mass is 32.1. The summed E-state index contributed by atoms with van der Waals surface area (Å²) in [5.74, 6) is -3.65. The zero-order valence-corrected chi connectivity index (χ0v) is 16.7. The fourth-order valence-electron chi connectivity index (χ4n) is 3.43. The van der Waals surface area contributed by atoms with Crippen molar-refractivity contribution in [2.45, 2.75) is 31.6 Å². The van der Waals surface area contributed by atoms with Crippen LogP contribution in [0.5, 0.6) is 0 Å². The molecular formula is C21H19N3O5S. The lowest BCUT2D eigenvalue weighted by Gasteiger charge is -2.29. The van der Waals surface area contributed by atoms with E-state index in [-0.39, 0.29) is 0 Å². The number of aromatic nitrogens is 2. The maximum absolute atomic E-state index is 9.13. The Morgan fingerprint density at radius 1 is 1.30 bits per heavy atom. The number of benzene rings is 1. The molecule has 0 saturated carbocycles. The first-order valence-corrected chi connectivity index (χ1v) is 9.97. The van der Waals surface area contributed by atoms with Crippen LogP contribution in [0.1, 0.15) is 34.4 Å². The van der Waals surface area contributed by atoms with E-state index in [1.54, 1.807) is 17.5 Å². The largest absolute Gasteiger partial charge is 0.473 e. The molecule has 1 aromatic carbocycles. The molecule has 4 rings (SSSR count). The molecule has 0 amide bonds. The van der Waals surface area contributed by atoms with Crippen LogP contribution in [0, 0.1) is 11.3 Å². The van der Waals surface area contributed by atoms with Crippen LogP contribution < -0.4 is 0 Å². The molecule has 0 spiro atoms. The van der Waals surface area contributed by atoms with Gasteiger partial charge in [0.2, 0.25) is 0 Å². The van der Waals surface area contributed by atoms with E-state index in [1.807, 2.05) is 24.7 Å². The Kier molecular flexibility index (Phi) is 6.61.